The largest absolute Gasteiger partial charge is 0.449 e. The van der Waals surface area contributed by atoms with Crippen LogP contribution >= 0.6 is 0 Å². The molecule has 1 aromatic heterocycles. The Bertz CT molecular complexity index is 725. The minimum absolute atomic E-state index is 0.280. The van der Waals surface area contributed by atoms with Gasteiger partial charge in [-0.05, 0) is 37.1 Å². The van der Waals surface area contributed by atoms with Gasteiger partial charge in [-0.1, -0.05) is 24.3 Å². The number of furan rings is 1. The van der Waals surface area contributed by atoms with Gasteiger partial charge in [0.15, 0.2) is 0 Å². The van der Waals surface area contributed by atoms with Crippen molar-refractivity contribution in [2.45, 2.75) is 45.7 Å². The van der Waals surface area contributed by atoms with Gasteiger partial charge in [0.1, 0.15) is 11.8 Å². The van der Waals surface area contributed by atoms with E-state index < -0.39 is 0 Å². The quantitative estimate of drug-likeness (QED) is 0.876. The Balaban J connectivity index is 1.58. The molecule has 1 aliphatic rings. The number of hydrogen-bond acceptors (Lipinski definition) is 5. The Morgan fingerprint density at radius 2 is 1.80 bits per heavy atom. The van der Waals surface area contributed by atoms with Crippen molar-refractivity contribution in [3.05, 3.63) is 59.0 Å². The van der Waals surface area contributed by atoms with Crippen LogP contribution in [-0.2, 0) is 24.4 Å². The Kier molecular flexibility index (Phi) is 5.87. The number of ether oxygens (including phenoxy) is 1. The van der Waals surface area contributed by atoms with Crippen LogP contribution in [0.15, 0.2) is 40.8 Å². The number of nitriles is 1. The molecule has 1 N–H and O–H groups in total. The third-order valence-corrected chi connectivity index (χ3v) is 4.39. The average Bonchev–Trinajstić information content (AvgIpc) is 3.03. The van der Waals surface area contributed by atoms with E-state index >= 15 is 0 Å². The number of rotatable bonds is 6. The van der Waals surface area contributed by atoms with Crippen LogP contribution in [0, 0.1) is 11.3 Å². The lowest BCUT2D eigenvalue weighted by Gasteiger charge is -2.35. The molecular formula is C20H25N3O2. The second-order valence-corrected chi connectivity index (χ2v) is 6.70. The summed E-state index contributed by atoms with van der Waals surface area (Å²) < 4.78 is 11.2. The normalized spacial score (nSPS) is 21.2. The lowest BCUT2D eigenvalue weighted by Crippen LogP contribution is -2.45. The summed E-state index contributed by atoms with van der Waals surface area (Å²) in [6.07, 6.45) is 0.560. The van der Waals surface area contributed by atoms with Crippen LogP contribution < -0.4 is 5.32 Å². The van der Waals surface area contributed by atoms with Crippen molar-refractivity contribution >= 4 is 0 Å². The first-order valence-corrected chi connectivity index (χ1v) is 8.78. The molecule has 0 amide bonds. The monoisotopic (exact) mass is 339 g/mol. The summed E-state index contributed by atoms with van der Waals surface area (Å²) >= 11 is 0. The summed E-state index contributed by atoms with van der Waals surface area (Å²) in [4.78, 5) is 2.46. The predicted octanol–water partition coefficient (Wildman–Crippen LogP) is 3.05. The fraction of sp³-hybridized carbons (Fsp3) is 0.450. The van der Waals surface area contributed by atoms with Crippen LogP contribution in [0.2, 0.25) is 0 Å². The van der Waals surface area contributed by atoms with Crippen molar-refractivity contribution in [3.63, 3.8) is 0 Å². The van der Waals surface area contributed by atoms with E-state index in [1.165, 1.54) is 11.1 Å². The molecule has 1 aliphatic heterocycles. The van der Waals surface area contributed by atoms with Crippen LogP contribution in [0.3, 0.4) is 0 Å². The van der Waals surface area contributed by atoms with Crippen LogP contribution in [0.4, 0.5) is 0 Å². The first-order valence-electron chi connectivity index (χ1n) is 8.78. The molecule has 2 aromatic rings. The molecule has 25 heavy (non-hydrogen) atoms. The van der Waals surface area contributed by atoms with Gasteiger partial charge in [0.05, 0.1) is 18.8 Å². The second kappa shape index (κ2) is 8.30. The Morgan fingerprint density at radius 3 is 2.48 bits per heavy atom. The molecule has 2 atom stereocenters. The molecule has 0 spiro atoms. The molecular weight excluding hydrogens is 314 g/mol. The van der Waals surface area contributed by atoms with Crippen LogP contribution in [0.25, 0.3) is 0 Å². The zero-order chi connectivity index (χ0) is 17.6. The zero-order valence-electron chi connectivity index (χ0n) is 14.9. The van der Waals surface area contributed by atoms with Crippen molar-refractivity contribution < 1.29 is 9.15 Å². The van der Waals surface area contributed by atoms with Gasteiger partial charge in [0, 0.05) is 26.2 Å². The van der Waals surface area contributed by atoms with E-state index in [-0.39, 0.29) is 12.2 Å². The summed E-state index contributed by atoms with van der Waals surface area (Å²) in [5, 5.41) is 12.2. The van der Waals surface area contributed by atoms with E-state index in [1.807, 2.05) is 12.1 Å². The summed E-state index contributed by atoms with van der Waals surface area (Å²) in [5.74, 6) is 1.14. The molecule has 132 valence electrons. The third-order valence-electron chi connectivity index (χ3n) is 4.39. The molecule has 0 radical (unpaired) electrons. The number of benzene rings is 1. The van der Waals surface area contributed by atoms with Crippen molar-refractivity contribution in [1.29, 1.82) is 5.26 Å². The number of morpholine rings is 1. The highest BCUT2D eigenvalue weighted by Gasteiger charge is 2.22. The van der Waals surface area contributed by atoms with Crippen LogP contribution in [-0.4, -0.2) is 30.2 Å². The molecule has 1 saturated heterocycles. The van der Waals surface area contributed by atoms with E-state index in [9.17, 15) is 0 Å². The van der Waals surface area contributed by atoms with E-state index in [1.54, 1.807) is 6.07 Å². The maximum Gasteiger partial charge on any atom is 0.203 e. The van der Waals surface area contributed by atoms with E-state index in [4.69, 9.17) is 14.4 Å². The fourth-order valence-electron chi connectivity index (χ4n) is 3.39. The van der Waals surface area contributed by atoms with Gasteiger partial charge in [-0.2, -0.15) is 5.26 Å². The highest BCUT2D eigenvalue weighted by atomic mass is 16.5. The molecule has 5 heteroatoms. The molecule has 1 fully saturated rings. The summed E-state index contributed by atoms with van der Waals surface area (Å²) in [6, 6.07) is 14.1. The van der Waals surface area contributed by atoms with E-state index in [2.05, 4.69) is 48.3 Å². The van der Waals surface area contributed by atoms with Gasteiger partial charge in [0.2, 0.25) is 5.76 Å². The highest BCUT2D eigenvalue weighted by molar-refractivity contribution is 5.27. The molecule has 1 aromatic carbocycles. The van der Waals surface area contributed by atoms with Gasteiger partial charge < -0.3 is 14.5 Å². The van der Waals surface area contributed by atoms with Crippen LogP contribution in [0.5, 0.6) is 0 Å². The number of nitrogens with zero attached hydrogens (tertiary/aromatic N) is 2. The smallest absolute Gasteiger partial charge is 0.203 e. The molecule has 0 bridgehead atoms. The summed E-state index contributed by atoms with van der Waals surface area (Å²) in [5.41, 5.74) is 2.63. The van der Waals surface area contributed by atoms with Crippen molar-refractivity contribution in [3.8, 4) is 6.07 Å². The summed E-state index contributed by atoms with van der Waals surface area (Å²) in [6.45, 7) is 8.53. The minimum atomic E-state index is 0.280. The zero-order valence-corrected chi connectivity index (χ0v) is 14.9. The second-order valence-electron chi connectivity index (χ2n) is 6.70. The average molecular weight is 339 g/mol. The molecule has 5 nitrogen and oxygen atoms in total. The topological polar surface area (TPSA) is 61.4 Å². The molecule has 2 heterocycles. The Labute approximate surface area is 149 Å². The standard InChI is InChI=1S/C20H25N3O2/c1-15-12-23(13-16(2)24-15)14-18-6-4-3-5-17(18)10-22-11-20-8-7-19(9-21)25-20/h3-8,15-16,22H,10-14H2,1-2H3/t15-,16-/m0/s1. The number of hydrogen-bond donors (Lipinski definition) is 1. The molecule has 0 aliphatic carbocycles. The van der Waals surface area contributed by atoms with Gasteiger partial charge in [-0.25, -0.2) is 0 Å². The van der Waals surface area contributed by atoms with E-state index in [0.717, 1.165) is 31.9 Å². The summed E-state index contributed by atoms with van der Waals surface area (Å²) in [7, 11) is 0. The minimum Gasteiger partial charge on any atom is -0.449 e. The maximum absolute atomic E-state index is 8.81. The molecule has 0 unspecified atom stereocenters. The lowest BCUT2D eigenvalue weighted by atomic mass is 10.1. The Hall–Kier alpha value is -2.13. The lowest BCUT2D eigenvalue weighted by molar-refractivity contribution is -0.0705. The first kappa shape index (κ1) is 17.7. The third kappa shape index (κ3) is 4.93. The first-order chi connectivity index (χ1) is 12.1. The highest BCUT2D eigenvalue weighted by Crippen LogP contribution is 2.17. The van der Waals surface area contributed by atoms with Gasteiger partial charge >= 0.3 is 0 Å². The maximum atomic E-state index is 8.81. The van der Waals surface area contributed by atoms with Gasteiger partial charge in [0.25, 0.3) is 0 Å². The van der Waals surface area contributed by atoms with Crippen molar-refractivity contribution in [2.24, 2.45) is 0 Å². The van der Waals surface area contributed by atoms with E-state index in [0.29, 0.717) is 12.3 Å². The SMILES string of the molecule is C[C@H]1CN(Cc2ccccc2CNCc2ccc(C#N)o2)C[C@H](C)O1. The van der Waals surface area contributed by atoms with Gasteiger partial charge in [-0.15, -0.1) is 0 Å². The van der Waals surface area contributed by atoms with Gasteiger partial charge in [-0.3, -0.25) is 4.90 Å². The fourth-order valence-corrected chi connectivity index (χ4v) is 3.39. The Morgan fingerprint density at radius 1 is 1.08 bits per heavy atom. The van der Waals surface area contributed by atoms with Crippen molar-refractivity contribution in [2.75, 3.05) is 13.1 Å². The van der Waals surface area contributed by atoms with Crippen molar-refractivity contribution in [1.82, 2.24) is 10.2 Å². The predicted molar refractivity (Wildman–Crippen MR) is 95.7 cm³/mol. The molecule has 3 rings (SSSR count). The number of nitrogens with one attached hydrogen (secondary N) is 1. The molecule has 0 saturated carbocycles. The van der Waals surface area contributed by atoms with Crippen LogP contribution in [0.1, 0.15) is 36.5 Å².